The molecule has 1 aromatic rings. The first-order valence-corrected chi connectivity index (χ1v) is 5.84. The molecule has 16 heavy (non-hydrogen) atoms. The van der Waals surface area contributed by atoms with E-state index >= 15 is 0 Å². The molecular formula is C9H17N5OS. The zero-order chi connectivity index (χ0) is 11.8. The van der Waals surface area contributed by atoms with Gasteiger partial charge in [-0.2, -0.15) is 0 Å². The normalized spacial score (nSPS) is 10.4. The van der Waals surface area contributed by atoms with Crippen molar-refractivity contribution in [2.24, 2.45) is 0 Å². The second-order valence-electron chi connectivity index (χ2n) is 3.60. The van der Waals surface area contributed by atoms with Gasteiger partial charge in [-0.25, -0.2) is 4.68 Å². The fourth-order valence-electron chi connectivity index (χ4n) is 1.35. The zero-order valence-corrected chi connectivity index (χ0v) is 10.3. The third-order valence-corrected chi connectivity index (χ3v) is 2.50. The number of hydrogen-bond donors (Lipinski definition) is 2. The Hall–Kier alpha value is -1.11. The summed E-state index contributed by atoms with van der Waals surface area (Å²) in [5, 5.41) is 14.3. The van der Waals surface area contributed by atoms with E-state index in [1.807, 2.05) is 0 Å². The van der Waals surface area contributed by atoms with E-state index < -0.39 is 0 Å². The Morgan fingerprint density at radius 3 is 2.75 bits per heavy atom. The predicted octanol–water partition coefficient (Wildman–Crippen LogP) is 0.658. The molecule has 1 rings (SSSR count). The lowest BCUT2D eigenvalue weighted by Crippen LogP contribution is -2.20. The minimum absolute atomic E-state index is 0.0356. The number of amides is 1. The molecular weight excluding hydrogens is 226 g/mol. The maximum absolute atomic E-state index is 10.6. The Morgan fingerprint density at radius 2 is 2.12 bits per heavy atom. The van der Waals surface area contributed by atoms with E-state index in [0.29, 0.717) is 5.16 Å². The number of thiol groups is 1. The third kappa shape index (κ3) is 5.11. The van der Waals surface area contributed by atoms with Crippen molar-refractivity contribution < 1.29 is 4.79 Å². The molecule has 0 unspecified atom stereocenters. The lowest BCUT2D eigenvalue weighted by molar-refractivity contribution is -0.118. The fraction of sp³-hybridized carbons (Fsp3) is 0.778. The summed E-state index contributed by atoms with van der Waals surface area (Å²) in [6.07, 6.45) is 4.25. The molecule has 0 atom stereocenters. The number of nitrogens with one attached hydrogen (secondary N) is 1. The Balaban J connectivity index is 1.96. The summed E-state index contributed by atoms with van der Waals surface area (Å²) in [7, 11) is 0. The minimum Gasteiger partial charge on any atom is -0.356 e. The van der Waals surface area contributed by atoms with Gasteiger partial charge in [-0.15, -0.1) is 17.7 Å². The van der Waals surface area contributed by atoms with Gasteiger partial charge in [0.25, 0.3) is 0 Å². The van der Waals surface area contributed by atoms with E-state index in [0.717, 1.165) is 38.8 Å². The summed E-state index contributed by atoms with van der Waals surface area (Å²) in [6.45, 7) is 3.09. The summed E-state index contributed by atoms with van der Waals surface area (Å²) in [4.78, 5) is 10.6. The molecule has 7 heteroatoms. The molecule has 0 aromatic carbocycles. The van der Waals surface area contributed by atoms with E-state index in [4.69, 9.17) is 0 Å². The van der Waals surface area contributed by atoms with Gasteiger partial charge in [0.2, 0.25) is 11.1 Å². The van der Waals surface area contributed by atoms with Gasteiger partial charge in [0.15, 0.2) is 0 Å². The zero-order valence-electron chi connectivity index (χ0n) is 9.39. The van der Waals surface area contributed by atoms with Gasteiger partial charge in [-0.1, -0.05) is 12.8 Å². The standard InChI is InChI=1S/C9H17N5OS/c1-8(15)10-6-4-2-3-5-7-14-9(16)11-12-13-14/h2-7H2,1H3,(H,10,15)(H,11,13,16). The number of rotatable bonds is 7. The number of carbonyl (C=O) groups is 1. The Bertz CT molecular complexity index is 327. The first kappa shape index (κ1) is 13.0. The molecule has 0 saturated carbocycles. The van der Waals surface area contributed by atoms with E-state index in [2.05, 4.69) is 33.5 Å². The molecule has 1 heterocycles. The van der Waals surface area contributed by atoms with Gasteiger partial charge in [-0.05, 0) is 23.3 Å². The third-order valence-electron chi connectivity index (χ3n) is 2.18. The van der Waals surface area contributed by atoms with Crippen LogP contribution in [0.1, 0.15) is 32.6 Å². The van der Waals surface area contributed by atoms with Gasteiger partial charge in [0.05, 0.1) is 0 Å². The molecule has 1 amide bonds. The molecule has 0 aliphatic heterocycles. The van der Waals surface area contributed by atoms with Crippen LogP contribution in [-0.2, 0) is 11.3 Å². The molecule has 0 aliphatic rings. The number of tetrazole rings is 1. The second-order valence-corrected chi connectivity index (χ2v) is 4.00. The lowest BCUT2D eigenvalue weighted by Gasteiger charge is -2.03. The first-order valence-electron chi connectivity index (χ1n) is 5.39. The van der Waals surface area contributed by atoms with Crippen LogP contribution < -0.4 is 5.32 Å². The number of nitrogens with zero attached hydrogens (tertiary/aromatic N) is 4. The van der Waals surface area contributed by atoms with Gasteiger partial charge < -0.3 is 5.32 Å². The van der Waals surface area contributed by atoms with Crippen molar-refractivity contribution in [1.82, 2.24) is 25.5 Å². The largest absolute Gasteiger partial charge is 0.356 e. The van der Waals surface area contributed by atoms with Gasteiger partial charge in [0, 0.05) is 20.0 Å². The molecule has 0 saturated heterocycles. The molecule has 90 valence electrons. The summed E-state index contributed by atoms with van der Waals surface area (Å²) in [5.41, 5.74) is 0. The van der Waals surface area contributed by atoms with Gasteiger partial charge in [0.1, 0.15) is 0 Å². The summed E-state index contributed by atoms with van der Waals surface area (Å²) < 4.78 is 1.68. The Morgan fingerprint density at radius 1 is 1.38 bits per heavy atom. The lowest BCUT2D eigenvalue weighted by atomic mass is 10.2. The van der Waals surface area contributed by atoms with Crippen molar-refractivity contribution in [3.63, 3.8) is 0 Å². The highest BCUT2D eigenvalue weighted by molar-refractivity contribution is 7.80. The highest BCUT2D eigenvalue weighted by Gasteiger charge is 1.99. The molecule has 6 nitrogen and oxygen atoms in total. The van der Waals surface area contributed by atoms with Crippen LogP contribution in [0.4, 0.5) is 0 Å². The Labute approximate surface area is 100 Å². The number of aromatic nitrogens is 4. The van der Waals surface area contributed by atoms with E-state index in [-0.39, 0.29) is 5.91 Å². The average Bonchev–Trinajstić information content (AvgIpc) is 2.62. The van der Waals surface area contributed by atoms with Crippen LogP contribution in [0.15, 0.2) is 5.16 Å². The van der Waals surface area contributed by atoms with Crippen LogP contribution in [0.2, 0.25) is 0 Å². The average molecular weight is 243 g/mol. The van der Waals surface area contributed by atoms with Crippen LogP contribution in [0.5, 0.6) is 0 Å². The van der Waals surface area contributed by atoms with Crippen molar-refractivity contribution in [3.8, 4) is 0 Å². The van der Waals surface area contributed by atoms with E-state index in [9.17, 15) is 4.79 Å². The highest BCUT2D eigenvalue weighted by atomic mass is 32.1. The predicted molar refractivity (Wildman–Crippen MR) is 62.2 cm³/mol. The minimum atomic E-state index is 0.0356. The fourth-order valence-corrected chi connectivity index (χ4v) is 1.53. The maximum Gasteiger partial charge on any atom is 0.216 e. The molecule has 0 bridgehead atoms. The first-order chi connectivity index (χ1) is 7.70. The summed E-state index contributed by atoms with van der Waals surface area (Å²) in [6, 6.07) is 0. The molecule has 0 spiro atoms. The van der Waals surface area contributed by atoms with Crippen LogP contribution in [-0.4, -0.2) is 32.7 Å². The van der Waals surface area contributed by atoms with E-state index in [1.54, 1.807) is 4.68 Å². The number of carbonyl (C=O) groups excluding carboxylic acids is 1. The number of aryl methyl sites for hydroxylation is 1. The van der Waals surface area contributed by atoms with Crippen LogP contribution in [0.3, 0.4) is 0 Å². The Kier molecular flexibility index (Phi) is 5.84. The van der Waals surface area contributed by atoms with Crippen molar-refractivity contribution in [2.45, 2.75) is 44.3 Å². The summed E-state index contributed by atoms with van der Waals surface area (Å²) >= 11 is 4.11. The SMILES string of the molecule is CC(=O)NCCCCCCn1nnnc1S. The highest BCUT2D eigenvalue weighted by Crippen LogP contribution is 2.04. The molecule has 0 fully saturated rings. The molecule has 0 aliphatic carbocycles. The van der Waals surface area contributed by atoms with E-state index in [1.165, 1.54) is 6.92 Å². The summed E-state index contributed by atoms with van der Waals surface area (Å²) in [5.74, 6) is 0.0356. The van der Waals surface area contributed by atoms with Crippen molar-refractivity contribution in [2.75, 3.05) is 6.54 Å². The molecule has 0 radical (unpaired) electrons. The molecule has 1 N–H and O–H groups in total. The molecule has 1 aromatic heterocycles. The monoisotopic (exact) mass is 243 g/mol. The number of unbranched alkanes of at least 4 members (excludes halogenated alkanes) is 3. The van der Waals surface area contributed by atoms with Gasteiger partial charge >= 0.3 is 0 Å². The maximum atomic E-state index is 10.6. The van der Waals surface area contributed by atoms with Gasteiger partial charge in [-0.3, -0.25) is 4.79 Å². The second kappa shape index (κ2) is 7.21. The topological polar surface area (TPSA) is 72.7 Å². The van der Waals surface area contributed by atoms with Crippen molar-refractivity contribution in [3.05, 3.63) is 0 Å². The van der Waals surface area contributed by atoms with Crippen LogP contribution in [0.25, 0.3) is 0 Å². The quantitative estimate of drug-likeness (QED) is 0.545. The van der Waals surface area contributed by atoms with Crippen LogP contribution >= 0.6 is 12.6 Å². The van der Waals surface area contributed by atoms with Crippen molar-refractivity contribution in [1.29, 1.82) is 0 Å². The smallest absolute Gasteiger partial charge is 0.216 e. The number of hydrogen-bond acceptors (Lipinski definition) is 5. The van der Waals surface area contributed by atoms with Crippen molar-refractivity contribution >= 4 is 18.5 Å². The van der Waals surface area contributed by atoms with Crippen LogP contribution in [0, 0.1) is 0 Å².